The van der Waals surface area contributed by atoms with Crippen molar-refractivity contribution in [1.29, 1.82) is 0 Å². The summed E-state index contributed by atoms with van der Waals surface area (Å²) < 4.78 is 19.4. The standard InChI is InChI=1S/C21H23FN4O3/c22-16-6-1-2-7-18(16)29-19-12-23-11-17(24-19)15-5-3-9-25(13-15)21(28)14-26-10-4-8-20(26)27/h1-2,6-7,11-12,15H,3-5,8-10,13-14H2. The number of hydrogen-bond acceptors (Lipinski definition) is 5. The number of hydrogen-bond donors (Lipinski definition) is 0. The van der Waals surface area contributed by atoms with Crippen LogP contribution < -0.4 is 4.74 Å². The molecule has 0 spiro atoms. The van der Waals surface area contributed by atoms with E-state index in [1.807, 2.05) is 0 Å². The van der Waals surface area contributed by atoms with Gasteiger partial charge in [0.15, 0.2) is 11.6 Å². The number of ether oxygens (including phenoxy) is 1. The molecule has 2 amide bonds. The molecule has 2 aliphatic heterocycles. The van der Waals surface area contributed by atoms with Crippen LogP contribution in [0.4, 0.5) is 4.39 Å². The molecule has 0 N–H and O–H groups in total. The topological polar surface area (TPSA) is 75.6 Å². The van der Waals surface area contributed by atoms with Crippen LogP contribution >= 0.6 is 0 Å². The summed E-state index contributed by atoms with van der Waals surface area (Å²) in [5.74, 6) is -0.106. The molecule has 1 unspecified atom stereocenters. The first-order valence-corrected chi connectivity index (χ1v) is 9.90. The second kappa shape index (κ2) is 8.55. The van der Waals surface area contributed by atoms with E-state index in [-0.39, 0.29) is 35.9 Å². The highest BCUT2D eigenvalue weighted by molar-refractivity contribution is 5.86. The number of amides is 2. The molecule has 4 rings (SSSR count). The zero-order chi connectivity index (χ0) is 20.2. The van der Waals surface area contributed by atoms with Crippen LogP contribution in [0.2, 0.25) is 0 Å². The number of rotatable bonds is 5. The van der Waals surface area contributed by atoms with Crippen molar-refractivity contribution < 1.29 is 18.7 Å². The Morgan fingerprint density at radius 3 is 2.86 bits per heavy atom. The summed E-state index contributed by atoms with van der Waals surface area (Å²) in [4.78, 5) is 36.5. The van der Waals surface area contributed by atoms with E-state index in [2.05, 4.69) is 9.97 Å². The first-order chi connectivity index (χ1) is 14.1. The van der Waals surface area contributed by atoms with Gasteiger partial charge >= 0.3 is 0 Å². The van der Waals surface area contributed by atoms with E-state index in [0.29, 0.717) is 31.7 Å². The van der Waals surface area contributed by atoms with E-state index in [0.717, 1.165) is 19.3 Å². The first kappa shape index (κ1) is 19.3. The van der Waals surface area contributed by atoms with Crippen LogP contribution in [0.1, 0.15) is 37.3 Å². The van der Waals surface area contributed by atoms with Gasteiger partial charge in [-0.2, -0.15) is 0 Å². The predicted molar refractivity (Wildman–Crippen MR) is 103 cm³/mol. The van der Waals surface area contributed by atoms with Crippen molar-refractivity contribution in [3.05, 3.63) is 48.2 Å². The van der Waals surface area contributed by atoms with E-state index in [1.165, 1.54) is 18.3 Å². The lowest BCUT2D eigenvalue weighted by atomic mass is 9.95. The molecule has 1 aromatic carbocycles. The normalized spacial score (nSPS) is 19.5. The van der Waals surface area contributed by atoms with Crippen molar-refractivity contribution in [2.24, 2.45) is 0 Å². The van der Waals surface area contributed by atoms with Crippen LogP contribution in [-0.2, 0) is 9.59 Å². The molecule has 0 saturated carbocycles. The molecule has 0 aliphatic carbocycles. The quantitative estimate of drug-likeness (QED) is 0.774. The average molecular weight is 398 g/mol. The van der Waals surface area contributed by atoms with Gasteiger partial charge in [0.2, 0.25) is 17.7 Å². The van der Waals surface area contributed by atoms with Gasteiger partial charge in [-0.05, 0) is 31.4 Å². The summed E-state index contributed by atoms with van der Waals surface area (Å²) in [6, 6.07) is 6.13. The fourth-order valence-corrected chi connectivity index (χ4v) is 3.83. The molecular formula is C21H23FN4O3. The third-order valence-corrected chi connectivity index (χ3v) is 5.37. The fourth-order valence-electron chi connectivity index (χ4n) is 3.83. The average Bonchev–Trinajstić information content (AvgIpc) is 3.14. The molecule has 7 nitrogen and oxygen atoms in total. The predicted octanol–water partition coefficient (Wildman–Crippen LogP) is 2.74. The Morgan fingerprint density at radius 2 is 2.07 bits per heavy atom. The van der Waals surface area contributed by atoms with Gasteiger partial charge in [0, 0.05) is 38.2 Å². The summed E-state index contributed by atoms with van der Waals surface area (Å²) in [7, 11) is 0. The zero-order valence-electron chi connectivity index (χ0n) is 16.1. The number of para-hydroxylation sites is 1. The van der Waals surface area contributed by atoms with Crippen molar-refractivity contribution in [3.8, 4) is 11.6 Å². The summed E-state index contributed by atoms with van der Waals surface area (Å²) in [6.07, 6.45) is 6.19. The van der Waals surface area contributed by atoms with Gasteiger partial charge < -0.3 is 14.5 Å². The van der Waals surface area contributed by atoms with E-state index in [9.17, 15) is 14.0 Å². The lowest BCUT2D eigenvalue weighted by molar-refractivity contribution is -0.139. The molecule has 1 aromatic heterocycles. The largest absolute Gasteiger partial charge is 0.434 e. The molecule has 152 valence electrons. The molecular weight excluding hydrogens is 375 g/mol. The summed E-state index contributed by atoms with van der Waals surface area (Å²) in [5, 5.41) is 0. The Labute approximate surface area is 168 Å². The lowest BCUT2D eigenvalue weighted by Gasteiger charge is -2.33. The highest BCUT2D eigenvalue weighted by Gasteiger charge is 2.29. The van der Waals surface area contributed by atoms with Crippen LogP contribution in [0, 0.1) is 5.82 Å². The van der Waals surface area contributed by atoms with Crippen LogP contribution in [0.15, 0.2) is 36.7 Å². The minimum Gasteiger partial charge on any atom is -0.434 e. The maximum absolute atomic E-state index is 13.8. The van der Waals surface area contributed by atoms with Gasteiger partial charge in [-0.15, -0.1) is 0 Å². The minimum atomic E-state index is -0.467. The van der Waals surface area contributed by atoms with Crippen molar-refractivity contribution in [2.45, 2.75) is 31.6 Å². The molecule has 8 heteroatoms. The van der Waals surface area contributed by atoms with E-state index in [4.69, 9.17) is 4.74 Å². The maximum atomic E-state index is 13.8. The highest BCUT2D eigenvalue weighted by Crippen LogP contribution is 2.28. The zero-order valence-corrected chi connectivity index (χ0v) is 16.1. The Balaban J connectivity index is 1.42. The number of likely N-dealkylation sites (tertiary alicyclic amines) is 2. The van der Waals surface area contributed by atoms with Crippen LogP contribution in [0.5, 0.6) is 11.6 Å². The van der Waals surface area contributed by atoms with Gasteiger partial charge in [0.05, 0.1) is 18.4 Å². The monoisotopic (exact) mass is 398 g/mol. The number of nitrogens with zero attached hydrogens (tertiary/aromatic N) is 4. The van der Waals surface area contributed by atoms with Gasteiger partial charge in [-0.3, -0.25) is 14.6 Å². The van der Waals surface area contributed by atoms with Gasteiger partial charge in [-0.1, -0.05) is 12.1 Å². The smallest absolute Gasteiger partial charge is 0.242 e. The lowest BCUT2D eigenvalue weighted by Crippen LogP contribution is -2.45. The Kier molecular flexibility index (Phi) is 5.69. The van der Waals surface area contributed by atoms with Crippen molar-refractivity contribution >= 4 is 11.8 Å². The molecule has 2 aromatic rings. The van der Waals surface area contributed by atoms with Crippen LogP contribution in [0.25, 0.3) is 0 Å². The highest BCUT2D eigenvalue weighted by atomic mass is 19.1. The number of piperidine rings is 1. The van der Waals surface area contributed by atoms with Gasteiger partial charge in [0.1, 0.15) is 0 Å². The van der Waals surface area contributed by atoms with Crippen LogP contribution in [-0.4, -0.2) is 57.8 Å². The fraction of sp³-hybridized carbons (Fsp3) is 0.429. The van der Waals surface area contributed by atoms with E-state index >= 15 is 0 Å². The second-order valence-electron chi connectivity index (χ2n) is 7.41. The minimum absolute atomic E-state index is 0.0265. The van der Waals surface area contributed by atoms with Crippen LogP contribution in [0.3, 0.4) is 0 Å². The van der Waals surface area contributed by atoms with Gasteiger partial charge in [0.25, 0.3) is 0 Å². The number of benzene rings is 1. The second-order valence-corrected chi connectivity index (χ2v) is 7.41. The molecule has 0 bridgehead atoms. The Hall–Kier alpha value is -3.03. The summed E-state index contributed by atoms with van der Waals surface area (Å²) in [6.45, 7) is 2.01. The van der Waals surface area contributed by atoms with E-state index in [1.54, 1.807) is 28.1 Å². The maximum Gasteiger partial charge on any atom is 0.242 e. The molecule has 2 aliphatic rings. The molecule has 1 atom stereocenters. The Bertz CT molecular complexity index is 907. The molecule has 29 heavy (non-hydrogen) atoms. The van der Waals surface area contributed by atoms with E-state index < -0.39 is 5.82 Å². The molecule has 0 radical (unpaired) electrons. The first-order valence-electron chi connectivity index (χ1n) is 9.90. The third-order valence-electron chi connectivity index (χ3n) is 5.37. The van der Waals surface area contributed by atoms with Crippen molar-refractivity contribution in [1.82, 2.24) is 19.8 Å². The van der Waals surface area contributed by atoms with Crippen molar-refractivity contribution in [3.63, 3.8) is 0 Å². The third kappa shape index (κ3) is 4.52. The number of halogens is 1. The van der Waals surface area contributed by atoms with Crippen molar-refractivity contribution in [2.75, 3.05) is 26.2 Å². The summed E-state index contributed by atoms with van der Waals surface area (Å²) in [5.41, 5.74) is 0.716. The molecule has 2 saturated heterocycles. The molecule has 2 fully saturated rings. The molecule has 3 heterocycles. The number of aromatic nitrogens is 2. The summed E-state index contributed by atoms with van der Waals surface area (Å²) >= 11 is 0. The number of carbonyl (C=O) groups is 2. The number of carbonyl (C=O) groups excluding carboxylic acids is 2. The van der Waals surface area contributed by atoms with Gasteiger partial charge in [-0.25, -0.2) is 9.37 Å². The Morgan fingerprint density at radius 1 is 1.21 bits per heavy atom. The SMILES string of the molecule is O=C1CCCN1CC(=O)N1CCCC(c2cncc(Oc3ccccc3F)n2)C1.